The Hall–Kier alpha value is -3.58. The summed E-state index contributed by atoms with van der Waals surface area (Å²) in [4.78, 5) is 31.6. The Morgan fingerprint density at radius 2 is 1.94 bits per heavy atom. The molecule has 1 fully saturated rings. The van der Waals surface area contributed by atoms with Gasteiger partial charge in [0.15, 0.2) is 0 Å². The molecule has 0 aliphatic carbocycles. The molecule has 1 atom stereocenters. The van der Waals surface area contributed by atoms with Gasteiger partial charge in [0.2, 0.25) is 0 Å². The van der Waals surface area contributed by atoms with Gasteiger partial charge in [0.05, 0.1) is 29.6 Å². The van der Waals surface area contributed by atoms with Gasteiger partial charge in [0.1, 0.15) is 11.5 Å². The molecule has 7 nitrogen and oxygen atoms in total. The molecule has 170 valence electrons. The largest absolute Gasteiger partial charge is 0.507 e. The quantitative estimate of drug-likeness (QED) is 0.302. The predicted octanol–water partition coefficient (Wildman–Crippen LogP) is 4.45. The van der Waals surface area contributed by atoms with Crippen LogP contribution in [0.25, 0.3) is 5.76 Å². The summed E-state index contributed by atoms with van der Waals surface area (Å²) in [6.45, 7) is 3.30. The maximum absolute atomic E-state index is 13.1. The molecular formula is C25H24ClN3O4. The van der Waals surface area contributed by atoms with E-state index in [1.807, 2.05) is 48.0 Å². The maximum atomic E-state index is 13.1. The highest BCUT2D eigenvalue weighted by atomic mass is 35.5. The number of hydrogen-bond acceptors (Lipinski definition) is 5. The lowest BCUT2D eigenvalue weighted by Crippen LogP contribution is -2.31. The van der Waals surface area contributed by atoms with Crippen LogP contribution in [0.5, 0.6) is 5.75 Å². The van der Waals surface area contributed by atoms with Crippen LogP contribution < -0.4 is 4.74 Å². The molecule has 1 aromatic heterocycles. The van der Waals surface area contributed by atoms with Crippen LogP contribution >= 0.6 is 11.6 Å². The second kappa shape index (κ2) is 9.92. The Labute approximate surface area is 196 Å². The summed E-state index contributed by atoms with van der Waals surface area (Å²) in [7, 11) is 0. The van der Waals surface area contributed by atoms with Crippen molar-refractivity contribution in [3.05, 3.63) is 89.0 Å². The number of hydrogen-bond donors (Lipinski definition) is 1. The summed E-state index contributed by atoms with van der Waals surface area (Å²) < 4.78 is 7.36. The van der Waals surface area contributed by atoms with Crippen molar-refractivity contribution in [3.8, 4) is 5.75 Å². The highest BCUT2D eigenvalue weighted by molar-refractivity contribution is 6.46. The summed E-state index contributed by atoms with van der Waals surface area (Å²) in [6.07, 6.45) is 5.87. The fourth-order valence-electron chi connectivity index (χ4n) is 4.01. The molecule has 4 rings (SSSR count). The van der Waals surface area contributed by atoms with Crippen LogP contribution in [0, 0.1) is 0 Å². The van der Waals surface area contributed by atoms with Gasteiger partial charge in [-0.2, -0.15) is 0 Å². The standard InChI is InChI=1S/C25H24ClN3O4/c1-2-33-20-10-9-18(15-19(20)26)23(30)21-22(17-7-4-3-5-8-17)29(25(32)24(21)31)13-6-12-28-14-11-27-16-28/h3-5,7-11,14-16,22,30H,2,6,12-13H2,1H3/b23-21-. The van der Waals surface area contributed by atoms with Crippen molar-refractivity contribution >= 4 is 29.1 Å². The molecule has 2 heterocycles. The van der Waals surface area contributed by atoms with Gasteiger partial charge in [-0.15, -0.1) is 0 Å². The highest BCUT2D eigenvalue weighted by Crippen LogP contribution is 2.40. The summed E-state index contributed by atoms with van der Waals surface area (Å²) in [5.74, 6) is -1.12. The summed E-state index contributed by atoms with van der Waals surface area (Å²) in [5.41, 5.74) is 1.15. The third-order valence-electron chi connectivity index (χ3n) is 5.53. The zero-order chi connectivity index (χ0) is 23.4. The number of likely N-dealkylation sites (tertiary alicyclic amines) is 1. The first-order valence-electron chi connectivity index (χ1n) is 10.7. The van der Waals surface area contributed by atoms with Crippen LogP contribution in [0.2, 0.25) is 5.02 Å². The van der Waals surface area contributed by atoms with E-state index in [0.29, 0.717) is 42.5 Å². The third-order valence-corrected chi connectivity index (χ3v) is 5.83. The van der Waals surface area contributed by atoms with Crippen molar-refractivity contribution < 1.29 is 19.4 Å². The minimum absolute atomic E-state index is 0.0501. The molecule has 1 saturated heterocycles. The molecular weight excluding hydrogens is 442 g/mol. The number of aromatic nitrogens is 2. The molecule has 0 spiro atoms. The molecule has 33 heavy (non-hydrogen) atoms. The normalized spacial score (nSPS) is 17.5. The number of ketones is 1. The third kappa shape index (κ3) is 4.64. The van der Waals surface area contributed by atoms with E-state index in [-0.39, 0.29) is 11.3 Å². The molecule has 2 aromatic carbocycles. The van der Waals surface area contributed by atoms with E-state index in [4.69, 9.17) is 16.3 Å². The first-order chi connectivity index (χ1) is 16.0. The number of amides is 1. The number of carbonyl (C=O) groups is 2. The summed E-state index contributed by atoms with van der Waals surface area (Å²) >= 11 is 6.30. The predicted molar refractivity (Wildman–Crippen MR) is 125 cm³/mol. The van der Waals surface area contributed by atoms with E-state index in [0.717, 1.165) is 5.56 Å². The van der Waals surface area contributed by atoms with Gasteiger partial charge in [0, 0.05) is 31.0 Å². The first kappa shape index (κ1) is 22.6. The van der Waals surface area contributed by atoms with E-state index in [1.165, 1.54) is 11.0 Å². The molecule has 1 aliphatic heterocycles. The molecule has 8 heteroatoms. The van der Waals surface area contributed by atoms with Crippen molar-refractivity contribution in [1.82, 2.24) is 14.5 Å². The number of aliphatic hydroxyl groups is 1. The number of rotatable bonds is 8. The van der Waals surface area contributed by atoms with Crippen LogP contribution in [-0.4, -0.2) is 44.4 Å². The number of aryl methyl sites for hydroxylation is 1. The Balaban J connectivity index is 1.71. The van der Waals surface area contributed by atoms with Crippen LogP contribution in [0.4, 0.5) is 0 Å². The average molecular weight is 466 g/mol. The number of imidazole rings is 1. The molecule has 1 amide bonds. The average Bonchev–Trinajstić information content (AvgIpc) is 3.43. The van der Waals surface area contributed by atoms with E-state index < -0.39 is 17.7 Å². The van der Waals surface area contributed by atoms with Gasteiger partial charge in [-0.25, -0.2) is 4.98 Å². The Kier molecular flexibility index (Phi) is 6.79. The smallest absolute Gasteiger partial charge is 0.295 e. The van der Waals surface area contributed by atoms with E-state index in [1.54, 1.807) is 24.7 Å². The maximum Gasteiger partial charge on any atom is 0.295 e. The van der Waals surface area contributed by atoms with Gasteiger partial charge < -0.3 is 19.3 Å². The number of Topliss-reactive ketones (excluding diaryl/α,β-unsaturated/α-hetero) is 1. The van der Waals surface area contributed by atoms with Gasteiger partial charge in [-0.3, -0.25) is 9.59 Å². The van der Waals surface area contributed by atoms with E-state index in [9.17, 15) is 14.7 Å². The molecule has 0 radical (unpaired) electrons. The topological polar surface area (TPSA) is 84.7 Å². The van der Waals surface area contributed by atoms with Crippen molar-refractivity contribution in [2.45, 2.75) is 25.9 Å². The molecule has 1 aliphatic rings. The molecule has 1 N–H and O–H groups in total. The number of nitrogens with zero attached hydrogens (tertiary/aromatic N) is 3. The summed E-state index contributed by atoms with van der Waals surface area (Å²) in [5, 5.41) is 11.5. The lowest BCUT2D eigenvalue weighted by Gasteiger charge is -2.25. The molecule has 1 unspecified atom stereocenters. The van der Waals surface area contributed by atoms with Crippen LogP contribution in [-0.2, 0) is 16.1 Å². The Bertz CT molecular complexity index is 1180. The fraction of sp³-hybridized carbons (Fsp3) is 0.240. The highest BCUT2D eigenvalue weighted by Gasteiger charge is 2.45. The monoisotopic (exact) mass is 465 g/mol. The Morgan fingerprint density at radius 3 is 2.61 bits per heavy atom. The molecule has 3 aromatic rings. The number of carbonyl (C=O) groups excluding carboxylic acids is 2. The van der Waals surface area contributed by atoms with Crippen molar-refractivity contribution in [2.75, 3.05) is 13.2 Å². The lowest BCUT2D eigenvalue weighted by molar-refractivity contribution is -0.139. The van der Waals surface area contributed by atoms with E-state index in [2.05, 4.69) is 4.98 Å². The first-order valence-corrected chi connectivity index (χ1v) is 11.1. The number of halogens is 1. The second-order valence-corrected chi connectivity index (χ2v) is 8.04. The zero-order valence-electron chi connectivity index (χ0n) is 18.1. The number of ether oxygens (including phenoxy) is 1. The number of benzene rings is 2. The van der Waals surface area contributed by atoms with Gasteiger partial charge in [-0.1, -0.05) is 41.9 Å². The molecule has 0 bridgehead atoms. The van der Waals surface area contributed by atoms with Crippen LogP contribution in [0.1, 0.15) is 30.5 Å². The number of aliphatic hydroxyl groups excluding tert-OH is 1. The van der Waals surface area contributed by atoms with Gasteiger partial charge >= 0.3 is 0 Å². The second-order valence-electron chi connectivity index (χ2n) is 7.64. The van der Waals surface area contributed by atoms with Crippen LogP contribution in [0.3, 0.4) is 0 Å². The van der Waals surface area contributed by atoms with Crippen LogP contribution in [0.15, 0.2) is 72.8 Å². The zero-order valence-corrected chi connectivity index (χ0v) is 18.9. The minimum atomic E-state index is -0.714. The van der Waals surface area contributed by atoms with Gasteiger partial charge in [0.25, 0.3) is 11.7 Å². The van der Waals surface area contributed by atoms with E-state index >= 15 is 0 Å². The SMILES string of the molecule is CCOc1ccc(/C(O)=C2/C(=O)C(=O)N(CCCn3ccnc3)C2c2ccccc2)cc1Cl. The molecule has 0 saturated carbocycles. The van der Waals surface area contributed by atoms with Crippen molar-refractivity contribution in [3.63, 3.8) is 0 Å². The lowest BCUT2D eigenvalue weighted by atomic mass is 9.95. The Morgan fingerprint density at radius 1 is 1.15 bits per heavy atom. The van der Waals surface area contributed by atoms with Crippen molar-refractivity contribution in [1.29, 1.82) is 0 Å². The fourth-order valence-corrected chi connectivity index (χ4v) is 4.25. The minimum Gasteiger partial charge on any atom is -0.507 e. The summed E-state index contributed by atoms with van der Waals surface area (Å²) in [6, 6.07) is 13.3. The van der Waals surface area contributed by atoms with Gasteiger partial charge in [-0.05, 0) is 37.1 Å². The van der Waals surface area contributed by atoms with Crippen molar-refractivity contribution in [2.24, 2.45) is 0 Å².